The molecule has 3 heterocycles. The van der Waals surface area contributed by atoms with Crippen molar-refractivity contribution >= 4 is 11.8 Å². The molecule has 3 atom stereocenters. The fourth-order valence-corrected chi connectivity index (χ4v) is 6.66. The van der Waals surface area contributed by atoms with E-state index in [0.29, 0.717) is 37.1 Å². The second-order valence-electron chi connectivity index (χ2n) is 11.5. The van der Waals surface area contributed by atoms with Gasteiger partial charge in [-0.2, -0.15) is 0 Å². The zero-order chi connectivity index (χ0) is 25.4. The number of hydrogen-bond donors (Lipinski definition) is 2. The highest BCUT2D eigenvalue weighted by Crippen LogP contribution is 2.38. The van der Waals surface area contributed by atoms with Crippen LogP contribution in [0.15, 0.2) is 42.5 Å². The van der Waals surface area contributed by atoms with E-state index in [1.54, 1.807) is 0 Å². The summed E-state index contributed by atoms with van der Waals surface area (Å²) in [5.41, 5.74) is 10.5. The molecule has 2 amide bonds. The van der Waals surface area contributed by atoms with Gasteiger partial charge in [0.2, 0.25) is 0 Å². The van der Waals surface area contributed by atoms with Gasteiger partial charge < -0.3 is 20.6 Å². The number of aliphatic hydroxyl groups is 1. The molecule has 6 heteroatoms. The molecule has 0 spiro atoms. The second-order valence-corrected chi connectivity index (χ2v) is 11.5. The number of fused-ring (bicyclic) bond motifs is 3. The highest BCUT2D eigenvalue weighted by Gasteiger charge is 2.43. The predicted octanol–water partition coefficient (Wildman–Crippen LogP) is 4.03. The van der Waals surface area contributed by atoms with Crippen LogP contribution in [0.4, 0.5) is 0 Å². The number of unbranched alkanes of at least 4 members (excludes halogenated alkanes) is 1. The van der Waals surface area contributed by atoms with Crippen molar-refractivity contribution in [1.29, 1.82) is 0 Å². The third-order valence-electron chi connectivity index (χ3n) is 8.50. The number of aryl methyl sites for hydroxylation is 1. The lowest BCUT2D eigenvalue weighted by atomic mass is 9.77. The molecule has 0 saturated carbocycles. The Morgan fingerprint density at radius 1 is 1.06 bits per heavy atom. The molecular weight excluding hydrogens is 450 g/mol. The van der Waals surface area contributed by atoms with Crippen molar-refractivity contribution < 1.29 is 14.7 Å². The van der Waals surface area contributed by atoms with Crippen molar-refractivity contribution in [2.75, 3.05) is 13.1 Å². The Balaban J connectivity index is 1.26. The minimum atomic E-state index is -0.298. The van der Waals surface area contributed by atoms with E-state index in [9.17, 15) is 14.7 Å². The van der Waals surface area contributed by atoms with E-state index in [1.807, 2.05) is 34.1 Å². The van der Waals surface area contributed by atoms with Crippen molar-refractivity contribution in [1.82, 2.24) is 9.80 Å². The molecule has 0 radical (unpaired) electrons. The molecule has 0 aromatic heterocycles. The van der Waals surface area contributed by atoms with Crippen LogP contribution in [0.3, 0.4) is 0 Å². The van der Waals surface area contributed by atoms with Crippen molar-refractivity contribution in [3.63, 3.8) is 0 Å². The number of carbonyl (C=O) groups excluding carboxylic acids is 2. The third kappa shape index (κ3) is 4.69. The van der Waals surface area contributed by atoms with Crippen LogP contribution in [0.5, 0.6) is 0 Å². The number of piperidine rings is 1. The lowest BCUT2D eigenvalue weighted by Gasteiger charge is -2.40. The number of nitrogens with two attached hydrogens (primary N) is 1. The van der Waals surface area contributed by atoms with Crippen molar-refractivity contribution in [3.8, 4) is 0 Å². The second kappa shape index (κ2) is 9.98. The van der Waals surface area contributed by atoms with Crippen LogP contribution in [0.25, 0.3) is 0 Å². The summed E-state index contributed by atoms with van der Waals surface area (Å²) in [5, 5.41) is 10.1. The van der Waals surface area contributed by atoms with Crippen LogP contribution in [0.2, 0.25) is 0 Å². The molecule has 3 N–H and O–H groups in total. The van der Waals surface area contributed by atoms with Gasteiger partial charge in [-0.3, -0.25) is 9.59 Å². The van der Waals surface area contributed by atoms with E-state index in [4.69, 9.17) is 5.73 Å². The standard InChI is InChI=1S/C30H39N3O3/c1-30(2)19-32(14-6-5-8-20-7-3-4-9-22(20)18-31)29(36)26-13-10-21(15-27(26)30)28(35)33-23-11-12-24(33)17-25(34)16-23/h3-4,7,9-10,13,15,23-25,34H,5-6,8,11-12,14,16-19,31H2,1-2H3/t23-,24?,25?/m1/s1. The van der Waals surface area contributed by atoms with E-state index in [2.05, 4.69) is 32.0 Å². The monoisotopic (exact) mass is 489 g/mol. The molecule has 0 aliphatic carbocycles. The Morgan fingerprint density at radius 2 is 1.75 bits per heavy atom. The summed E-state index contributed by atoms with van der Waals surface area (Å²) in [6, 6.07) is 14.2. The molecule has 36 heavy (non-hydrogen) atoms. The first-order valence-corrected chi connectivity index (χ1v) is 13.5. The summed E-state index contributed by atoms with van der Waals surface area (Å²) in [4.78, 5) is 30.9. The molecule has 192 valence electrons. The average Bonchev–Trinajstić information content (AvgIpc) is 3.14. The molecule has 2 fully saturated rings. The van der Waals surface area contributed by atoms with Gasteiger partial charge in [-0.05, 0) is 79.8 Å². The summed E-state index contributed by atoms with van der Waals surface area (Å²) >= 11 is 0. The smallest absolute Gasteiger partial charge is 0.254 e. The Bertz CT molecular complexity index is 1130. The number of aliphatic hydroxyl groups excluding tert-OH is 1. The van der Waals surface area contributed by atoms with Gasteiger partial charge in [0.25, 0.3) is 11.8 Å². The van der Waals surface area contributed by atoms with Gasteiger partial charge >= 0.3 is 0 Å². The maximum absolute atomic E-state index is 13.5. The van der Waals surface area contributed by atoms with Gasteiger partial charge in [-0.25, -0.2) is 0 Å². The Kier molecular flexibility index (Phi) is 6.92. The summed E-state index contributed by atoms with van der Waals surface area (Å²) in [5.74, 6) is 0.104. The highest BCUT2D eigenvalue weighted by molar-refractivity contribution is 6.00. The molecule has 2 saturated heterocycles. The maximum Gasteiger partial charge on any atom is 0.254 e. The first-order chi connectivity index (χ1) is 17.3. The lowest BCUT2D eigenvalue weighted by molar-refractivity contribution is 0.0286. The molecule has 3 aliphatic rings. The normalized spacial score (nSPS) is 24.7. The quantitative estimate of drug-likeness (QED) is 0.575. The maximum atomic E-state index is 13.5. The van der Waals surface area contributed by atoms with Crippen LogP contribution in [-0.2, 0) is 18.4 Å². The minimum absolute atomic E-state index is 0.0423. The van der Waals surface area contributed by atoms with Gasteiger partial charge in [0, 0.05) is 48.3 Å². The van der Waals surface area contributed by atoms with E-state index in [1.165, 1.54) is 11.1 Å². The minimum Gasteiger partial charge on any atom is -0.393 e. The summed E-state index contributed by atoms with van der Waals surface area (Å²) < 4.78 is 0. The zero-order valence-electron chi connectivity index (χ0n) is 21.6. The topological polar surface area (TPSA) is 86.9 Å². The molecule has 2 bridgehead atoms. The van der Waals surface area contributed by atoms with Gasteiger partial charge in [0.15, 0.2) is 0 Å². The Hall–Kier alpha value is -2.70. The summed E-state index contributed by atoms with van der Waals surface area (Å²) in [7, 11) is 0. The average molecular weight is 490 g/mol. The number of nitrogens with zero attached hydrogens (tertiary/aromatic N) is 2. The highest BCUT2D eigenvalue weighted by atomic mass is 16.3. The molecule has 3 aliphatic heterocycles. The number of rotatable bonds is 7. The predicted molar refractivity (Wildman–Crippen MR) is 141 cm³/mol. The SMILES string of the molecule is CC1(C)CN(CCCCc2ccccc2CN)C(=O)c2ccc(C(=O)N3C4CC[C@@H]3CC(O)C4)cc21. The molecule has 2 aromatic rings. The van der Waals surface area contributed by atoms with E-state index >= 15 is 0 Å². The molecule has 2 aromatic carbocycles. The fourth-order valence-electron chi connectivity index (χ4n) is 6.66. The largest absolute Gasteiger partial charge is 0.393 e. The third-order valence-corrected chi connectivity index (χ3v) is 8.50. The summed E-state index contributed by atoms with van der Waals surface area (Å²) in [6.45, 7) is 6.26. The zero-order valence-corrected chi connectivity index (χ0v) is 21.6. The Morgan fingerprint density at radius 3 is 2.44 bits per heavy atom. The van der Waals surface area contributed by atoms with E-state index in [0.717, 1.165) is 44.2 Å². The van der Waals surface area contributed by atoms with Crippen molar-refractivity contribution in [2.45, 2.75) is 88.9 Å². The van der Waals surface area contributed by atoms with Crippen LogP contribution in [0, 0.1) is 0 Å². The molecular formula is C30H39N3O3. The number of hydrogen-bond acceptors (Lipinski definition) is 4. The van der Waals surface area contributed by atoms with Crippen molar-refractivity contribution in [2.24, 2.45) is 5.73 Å². The van der Waals surface area contributed by atoms with Gasteiger partial charge in [-0.1, -0.05) is 38.1 Å². The number of carbonyl (C=O) groups is 2. The first kappa shape index (κ1) is 25.0. The van der Waals surface area contributed by atoms with Crippen LogP contribution < -0.4 is 5.73 Å². The van der Waals surface area contributed by atoms with E-state index in [-0.39, 0.29) is 35.4 Å². The Labute approximate surface area is 214 Å². The van der Waals surface area contributed by atoms with Crippen LogP contribution in [-0.4, -0.2) is 58.0 Å². The number of amides is 2. The summed E-state index contributed by atoms with van der Waals surface area (Å²) in [6.07, 6.45) is 5.90. The molecule has 2 unspecified atom stereocenters. The van der Waals surface area contributed by atoms with Crippen molar-refractivity contribution in [3.05, 3.63) is 70.3 Å². The molecule has 5 rings (SSSR count). The van der Waals surface area contributed by atoms with Crippen LogP contribution >= 0.6 is 0 Å². The van der Waals surface area contributed by atoms with Gasteiger partial charge in [0.1, 0.15) is 0 Å². The fraction of sp³-hybridized carbons (Fsp3) is 0.533. The van der Waals surface area contributed by atoms with Crippen LogP contribution in [0.1, 0.15) is 89.8 Å². The molecule has 6 nitrogen and oxygen atoms in total. The lowest BCUT2D eigenvalue weighted by Crippen LogP contribution is -2.49. The van der Waals surface area contributed by atoms with E-state index < -0.39 is 0 Å². The number of benzene rings is 2. The van der Waals surface area contributed by atoms with Gasteiger partial charge in [-0.15, -0.1) is 0 Å². The van der Waals surface area contributed by atoms with Gasteiger partial charge in [0.05, 0.1) is 6.10 Å². The first-order valence-electron chi connectivity index (χ1n) is 13.5.